The van der Waals surface area contributed by atoms with Crippen LogP contribution in [0.2, 0.25) is 10.0 Å². The fraction of sp³-hybridized carbons (Fsp3) is 0.407. The number of rotatable bonds is 11. The molecular weight excluding hydrogens is 439 g/mol. The molecule has 0 aromatic heterocycles. The maximum atomic E-state index is 8.31. The fourth-order valence-corrected chi connectivity index (χ4v) is 2.79. The average Bonchev–Trinajstić information content (AvgIpc) is 2.74. The molecule has 0 fully saturated rings. The van der Waals surface area contributed by atoms with Crippen molar-refractivity contribution in [1.82, 2.24) is 0 Å². The van der Waals surface area contributed by atoms with E-state index in [4.69, 9.17) is 34.0 Å². The van der Waals surface area contributed by atoms with E-state index in [1.807, 2.05) is 26.0 Å². The van der Waals surface area contributed by atoms with Crippen LogP contribution in [-0.2, 0) is 0 Å². The quantitative estimate of drug-likeness (QED) is 0.0965. The molecule has 0 unspecified atom stereocenters. The summed E-state index contributed by atoms with van der Waals surface area (Å²) >= 11 is 11.9. The van der Waals surface area contributed by atoms with Crippen LogP contribution in [0.3, 0.4) is 0 Å². The van der Waals surface area contributed by atoms with Crippen molar-refractivity contribution in [3.05, 3.63) is 84.6 Å². The molecule has 1 rings (SSSR count). The monoisotopic (exact) mass is 482 g/mol. The van der Waals surface area contributed by atoms with Crippen molar-refractivity contribution in [3.8, 4) is 0 Å². The summed E-state index contributed by atoms with van der Waals surface area (Å²) in [4.78, 5) is 0. The maximum absolute atomic E-state index is 8.31. The highest BCUT2D eigenvalue weighted by atomic mass is 35.5. The van der Waals surface area contributed by atoms with Gasteiger partial charge in [0, 0.05) is 12.2 Å². The summed E-state index contributed by atoms with van der Waals surface area (Å²) in [6.07, 6.45) is 20.6. The standard InChI is InChI=1S/C11H20O.C10H12Cl2N2.2C3H6/c1-2-3-4-5-6-7-8-9-10-11-12;1-2-3-4-14-10-8(11)5-7(13)6-9(10)12;2*1-3-2/h8-12H,2-7H2,1H3;2,5-6,14H,1,3-4,13H2;2*3H,1H2,2H3/b9-8-,11-10+;;;. The number of hydrogen-bond acceptors (Lipinski definition) is 3. The van der Waals surface area contributed by atoms with Crippen LogP contribution in [-0.4, -0.2) is 11.7 Å². The first-order valence-corrected chi connectivity index (χ1v) is 11.8. The highest BCUT2D eigenvalue weighted by Crippen LogP contribution is 2.32. The number of benzene rings is 1. The second kappa shape index (κ2) is 28.9. The van der Waals surface area contributed by atoms with Gasteiger partial charge in [0.05, 0.1) is 22.0 Å². The molecule has 0 heterocycles. The molecule has 0 aliphatic rings. The minimum atomic E-state index is 0.541. The number of hydrogen-bond donors (Lipinski definition) is 3. The van der Waals surface area contributed by atoms with Crippen molar-refractivity contribution in [2.75, 3.05) is 17.6 Å². The van der Waals surface area contributed by atoms with E-state index < -0.39 is 0 Å². The molecule has 0 atom stereocenters. The van der Waals surface area contributed by atoms with E-state index in [-0.39, 0.29) is 0 Å². The molecule has 0 aliphatic carbocycles. The average molecular weight is 484 g/mol. The largest absolute Gasteiger partial charge is 0.516 e. The Balaban J connectivity index is -0.000000425. The summed E-state index contributed by atoms with van der Waals surface area (Å²) in [5, 5.41) is 12.5. The van der Waals surface area contributed by atoms with Crippen LogP contribution in [0, 0.1) is 0 Å². The zero-order valence-electron chi connectivity index (χ0n) is 20.3. The molecule has 1 aromatic rings. The van der Waals surface area contributed by atoms with E-state index >= 15 is 0 Å². The van der Waals surface area contributed by atoms with Gasteiger partial charge in [-0.05, 0) is 51.3 Å². The highest BCUT2D eigenvalue weighted by molar-refractivity contribution is 6.39. The Bertz CT molecular complexity index is 612. The van der Waals surface area contributed by atoms with Crippen molar-refractivity contribution >= 4 is 34.6 Å². The first kappa shape index (κ1) is 34.5. The van der Waals surface area contributed by atoms with E-state index in [1.165, 1.54) is 32.1 Å². The zero-order chi connectivity index (χ0) is 25.0. The number of nitrogens with one attached hydrogen (secondary N) is 1. The first-order chi connectivity index (χ1) is 15.4. The first-order valence-electron chi connectivity index (χ1n) is 11.1. The molecule has 0 bridgehead atoms. The van der Waals surface area contributed by atoms with Crippen molar-refractivity contribution in [2.24, 2.45) is 0 Å². The number of unbranched alkanes of at least 4 members (excludes halogenated alkanes) is 5. The number of anilines is 2. The summed E-state index contributed by atoms with van der Waals surface area (Å²) in [6.45, 7) is 17.1. The van der Waals surface area contributed by atoms with Crippen LogP contribution in [0.5, 0.6) is 0 Å². The number of nitrogens with two attached hydrogens (primary N) is 1. The van der Waals surface area contributed by atoms with Gasteiger partial charge >= 0.3 is 0 Å². The van der Waals surface area contributed by atoms with Crippen molar-refractivity contribution in [3.63, 3.8) is 0 Å². The lowest BCUT2D eigenvalue weighted by molar-refractivity contribution is 0.473. The SMILES string of the molecule is C=CC.C=CC.C=CCCNc1c(Cl)cc(N)cc1Cl.CCCCCCC/C=C\C=C\O. The molecule has 1 aromatic carbocycles. The molecule has 0 radical (unpaired) electrons. The molecule has 32 heavy (non-hydrogen) atoms. The summed E-state index contributed by atoms with van der Waals surface area (Å²) in [6, 6.07) is 3.34. The van der Waals surface area contributed by atoms with Crippen LogP contribution in [0.1, 0.15) is 65.7 Å². The lowest BCUT2D eigenvalue weighted by Crippen LogP contribution is -2.01. The van der Waals surface area contributed by atoms with E-state index in [9.17, 15) is 0 Å². The second-order valence-corrected chi connectivity index (χ2v) is 7.47. The Labute approximate surface area is 207 Å². The minimum absolute atomic E-state index is 0.541. The minimum Gasteiger partial charge on any atom is -0.516 e. The van der Waals surface area contributed by atoms with Gasteiger partial charge in [-0.3, -0.25) is 0 Å². The predicted octanol–water partition coefficient (Wildman–Crippen LogP) is 9.92. The zero-order valence-corrected chi connectivity index (χ0v) is 21.8. The third-order valence-electron chi connectivity index (χ3n) is 3.52. The van der Waals surface area contributed by atoms with Crippen LogP contribution < -0.4 is 11.1 Å². The van der Waals surface area contributed by atoms with Crippen LogP contribution in [0.25, 0.3) is 0 Å². The number of halogens is 2. The molecule has 3 nitrogen and oxygen atoms in total. The Kier molecular flexibility index (Phi) is 31.2. The summed E-state index contributed by atoms with van der Waals surface area (Å²) < 4.78 is 0. The molecule has 0 amide bonds. The Morgan fingerprint density at radius 1 is 0.938 bits per heavy atom. The van der Waals surface area contributed by atoms with E-state index in [1.54, 1.807) is 30.4 Å². The second-order valence-electron chi connectivity index (χ2n) is 6.65. The van der Waals surface area contributed by atoms with Crippen molar-refractivity contribution in [2.45, 2.75) is 65.7 Å². The van der Waals surface area contributed by atoms with E-state index in [0.717, 1.165) is 31.3 Å². The van der Waals surface area contributed by atoms with Crippen LogP contribution in [0.15, 0.2) is 74.6 Å². The molecule has 0 aliphatic heterocycles. The van der Waals surface area contributed by atoms with Gasteiger partial charge in [0.2, 0.25) is 0 Å². The van der Waals surface area contributed by atoms with Gasteiger partial charge in [-0.1, -0.05) is 86.2 Å². The van der Waals surface area contributed by atoms with Gasteiger partial charge in [0.1, 0.15) is 0 Å². The summed E-state index contributed by atoms with van der Waals surface area (Å²) in [7, 11) is 0. The highest BCUT2D eigenvalue weighted by Gasteiger charge is 2.05. The number of aliphatic hydroxyl groups excluding tert-OH is 1. The van der Waals surface area contributed by atoms with Crippen molar-refractivity contribution < 1.29 is 5.11 Å². The van der Waals surface area contributed by atoms with Gasteiger partial charge in [0.25, 0.3) is 0 Å². The van der Waals surface area contributed by atoms with Crippen LogP contribution >= 0.6 is 23.2 Å². The van der Waals surface area contributed by atoms with Gasteiger partial charge in [-0.15, -0.1) is 19.7 Å². The summed E-state index contributed by atoms with van der Waals surface area (Å²) in [5.74, 6) is 0. The topological polar surface area (TPSA) is 58.3 Å². The van der Waals surface area contributed by atoms with Gasteiger partial charge < -0.3 is 16.2 Å². The lowest BCUT2D eigenvalue weighted by Gasteiger charge is -2.10. The third-order valence-corrected chi connectivity index (χ3v) is 4.12. The van der Waals surface area contributed by atoms with Gasteiger partial charge in [-0.2, -0.15) is 0 Å². The number of allylic oxidation sites excluding steroid dienone is 5. The molecule has 5 heteroatoms. The Hall–Kier alpha value is -2.10. The Morgan fingerprint density at radius 3 is 1.94 bits per heavy atom. The predicted molar refractivity (Wildman–Crippen MR) is 150 cm³/mol. The normalized spacial score (nSPS) is 9.53. The fourth-order valence-electron chi connectivity index (χ4n) is 2.15. The molecular formula is C27H44Cl2N2O. The molecule has 182 valence electrons. The summed E-state index contributed by atoms with van der Waals surface area (Å²) in [5.41, 5.74) is 6.86. The van der Waals surface area contributed by atoms with E-state index in [0.29, 0.717) is 15.7 Å². The number of aliphatic hydroxyl groups is 1. The van der Waals surface area contributed by atoms with Crippen molar-refractivity contribution in [1.29, 1.82) is 0 Å². The van der Waals surface area contributed by atoms with Crippen LogP contribution in [0.4, 0.5) is 11.4 Å². The van der Waals surface area contributed by atoms with E-state index in [2.05, 4.69) is 38.1 Å². The Morgan fingerprint density at radius 2 is 1.47 bits per heavy atom. The maximum Gasteiger partial charge on any atom is 0.0791 e. The smallest absolute Gasteiger partial charge is 0.0791 e. The molecule has 0 saturated carbocycles. The van der Waals surface area contributed by atoms with Gasteiger partial charge in [-0.25, -0.2) is 0 Å². The van der Waals surface area contributed by atoms with Gasteiger partial charge in [0.15, 0.2) is 0 Å². The number of nitrogen functional groups attached to an aromatic ring is 1. The lowest BCUT2D eigenvalue weighted by atomic mass is 10.1. The molecule has 0 spiro atoms. The third kappa shape index (κ3) is 25.9. The molecule has 0 saturated heterocycles. The molecule has 4 N–H and O–H groups in total.